The number of ketones is 2. The van der Waals surface area contributed by atoms with E-state index in [1.807, 2.05) is 27.7 Å². The molecule has 2 aromatic carbocycles. The van der Waals surface area contributed by atoms with Crippen molar-refractivity contribution >= 4 is 38.9 Å². The summed E-state index contributed by atoms with van der Waals surface area (Å²) in [6.07, 6.45) is 1.99. The average molecular weight is 640 g/mol. The molecule has 1 aliphatic heterocycles. The highest BCUT2D eigenvalue weighted by Crippen LogP contribution is 2.53. The van der Waals surface area contributed by atoms with Gasteiger partial charge in [0.15, 0.2) is 23.1 Å². The minimum atomic E-state index is -0.763. The number of nitro groups is 2. The fraction of sp³-hybridized carbons (Fsp3) is 0.400. The van der Waals surface area contributed by atoms with Gasteiger partial charge in [0.1, 0.15) is 0 Å². The summed E-state index contributed by atoms with van der Waals surface area (Å²) < 4.78 is 11.9. The molecule has 220 valence electrons. The van der Waals surface area contributed by atoms with Gasteiger partial charge in [-0.25, -0.2) is 0 Å². The number of dihydropyridines is 1. The van der Waals surface area contributed by atoms with Crippen LogP contribution in [0.2, 0.25) is 0 Å². The highest BCUT2D eigenvalue weighted by Gasteiger charge is 2.46. The molecule has 3 aliphatic rings. The van der Waals surface area contributed by atoms with Crippen LogP contribution in [-0.4, -0.2) is 28.5 Å². The maximum Gasteiger partial charge on any atom is 0.318 e. The van der Waals surface area contributed by atoms with Crippen molar-refractivity contribution in [2.24, 2.45) is 10.8 Å². The number of ether oxygens (including phenoxy) is 2. The summed E-state index contributed by atoms with van der Waals surface area (Å²) in [6.45, 7) is 8.20. The number of rotatable bonds is 6. The fourth-order valence-corrected chi connectivity index (χ4v) is 6.73. The predicted molar refractivity (Wildman–Crippen MR) is 156 cm³/mol. The second kappa shape index (κ2) is 10.3. The lowest BCUT2D eigenvalue weighted by molar-refractivity contribution is -0.394. The van der Waals surface area contributed by atoms with E-state index in [0.29, 0.717) is 46.9 Å². The van der Waals surface area contributed by atoms with Gasteiger partial charge in [-0.1, -0.05) is 27.7 Å². The Morgan fingerprint density at radius 1 is 0.857 bits per heavy atom. The molecule has 12 heteroatoms. The molecule has 1 N–H and O–H groups in total. The summed E-state index contributed by atoms with van der Waals surface area (Å²) >= 11 is 3.50. The van der Waals surface area contributed by atoms with Gasteiger partial charge in [-0.2, -0.15) is 0 Å². The first-order valence-electron chi connectivity index (χ1n) is 13.4. The number of hydrogen-bond acceptors (Lipinski definition) is 9. The SMILES string of the molecule is COc1cc(C2C3=C(CC(C)(C)CC3=O)NC3=C2C(=O)CC(C)(C)C3)cc(Br)c1Oc1ccc([N+](=O)[O-])cc1[N+](=O)[O-]. The Bertz CT molecular complexity index is 1590. The Balaban J connectivity index is 1.65. The van der Waals surface area contributed by atoms with Crippen LogP contribution in [0, 0.1) is 31.1 Å². The smallest absolute Gasteiger partial charge is 0.318 e. The van der Waals surface area contributed by atoms with Gasteiger partial charge in [-0.15, -0.1) is 0 Å². The second-order valence-electron chi connectivity index (χ2n) is 12.5. The van der Waals surface area contributed by atoms with E-state index in [1.165, 1.54) is 7.11 Å². The average Bonchev–Trinajstić information content (AvgIpc) is 2.86. The molecule has 0 fully saturated rings. The van der Waals surface area contributed by atoms with Crippen LogP contribution in [0.5, 0.6) is 17.2 Å². The van der Waals surface area contributed by atoms with Gasteiger partial charge in [-0.3, -0.25) is 29.8 Å². The Morgan fingerprint density at radius 2 is 1.43 bits per heavy atom. The number of nitro benzene ring substituents is 2. The highest BCUT2D eigenvalue weighted by atomic mass is 79.9. The van der Waals surface area contributed by atoms with Crippen LogP contribution in [-0.2, 0) is 9.59 Å². The summed E-state index contributed by atoms with van der Waals surface area (Å²) in [7, 11) is 1.41. The van der Waals surface area contributed by atoms with E-state index < -0.39 is 27.1 Å². The lowest BCUT2D eigenvalue weighted by atomic mass is 9.64. The lowest BCUT2D eigenvalue weighted by Crippen LogP contribution is -2.42. The van der Waals surface area contributed by atoms with Crippen molar-refractivity contribution < 1.29 is 28.9 Å². The minimum absolute atomic E-state index is 0.0279. The second-order valence-corrected chi connectivity index (χ2v) is 13.4. The van der Waals surface area contributed by atoms with Crippen molar-refractivity contribution in [1.82, 2.24) is 5.32 Å². The van der Waals surface area contributed by atoms with E-state index in [0.717, 1.165) is 29.6 Å². The first kappa shape index (κ1) is 29.4. The third-order valence-electron chi connectivity index (χ3n) is 7.87. The van der Waals surface area contributed by atoms with Crippen LogP contribution >= 0.6 is 15.9 Å². The number of benzene rings is 2. The van der Waals surface area contributed by atoms with E-state index in [4.69, 9.17) is 9.47 Å². The van der Waals surface area contributed by atoms with Crippen LogP contribution in [0.3, 0.4) is 0 Å². The number of halogens is 1. The van der Waals surface area contributed by atoms with Gasteiger partial charge in [0.05, 0.1) is 27.5 Å². The number of non-ortho nitro benzene ring substituents is 1. The number of Topliss-reactive ketones (excluding diaryl/α,β-unsaturated/α-hetero) is 2. The molecule has 0 radical (unpaired) electrons. The van der Waals surface area contributed by atoms with Gasteiger partial charge in [0.25, 0.3) is 5.69 Å². The van der Waals surface area contributed by atoms with Crippen molar-refractivity contribution in [2.45, 2.75) is 59.3 Å². The molecule has 1 heterocycles. The van der Waals surface area contributed by atoms with Crippen LogP contribution in [0.1, 0.15) is 64.9 Å². The largest absolute Gasteiger partial charge is 0.493 e. The topological polar surface area (TPSA) is 151 Å². The zero-order valence-electron chi connectivity index (χ0n) is 23.8. The zero-order valence-corrected chi connectivity index (χ0v) is 25.4. The van der Waals surface area contributed by atoms with Crippen molar-refractivity contribution in [3.63, 3.8) is 0 Å². The Hall–Kier alpha value is -4.06. The molecule has 0 amide bonds. The number of allylic oxidation sites excluding steroid dienone is 4. The third-order valence-corrected chi connectivity index (χ3v) is 8.46. The van der Waals surface area contributed by atoms with E-state index in [9.17, 15) is 29.8 Å². The Kier molecular flexibility index (Phi) is 7.24. The van der Waals surface area contributed by atoms with Crippen LogP contribution in [0.4, 0.5) is 11.4 Å². The molecule has 5 rings (SSSR count). The molecule has 2 aromatic rings. The molecular formula is C30H30BrN3O8. The molecule has 0 bridgehead atoms. The fourth-order valence-electron chi connectivity index (χ4n) is 6.19. The van der Waals surface area contributed by atoms with Crippen molar-refractivity contribution in [3.05, 3.63) is 83.1 Å². The normalized spacial score (nSPS) is 19.6. The Labute approximate surface area is 250 Å². The summed E-state index contributed by atoms with van der Waals surface area (Å²) in [5.74, 6) is -0.607. The number of methoxy groups -OCH3 is 1. The molecule has 0 spiro atoms. The highest BCUT2D eigenvalue weighted by molar-refractivity contribution is 9.10. The first-order valence-corrected chi connectivity index (χ1v) is 14.2. The van der Waals surface area contributed by atoms with Crippen molar-refractivity contribution in [2.75, 3.05) is 7.11 Å². The molecule has 0 atom stereocenters. The van der Waals surface area contributed by atoms with Crippen LogP contribution < -0.4 is 14.8 Å². The predicted octanol–water partition coefficient (Wildman–Crippen LogP) is 7.04. The monoisotopic (exact) mass is 639 g/mol. The molecule has 0 saturated heterocycles. The van der Waals surface area contributed by atoms with Crippen molar-refractivity contribution in [3.8, 4) is 17.2 Å². The Morgan fingerprint density at radius 3 is 1.93 bits per heavy atom. The maximum absolute atomic E-state index is 13.6. The zero-order chi connectivity index (χ0) is 30.7. The van der Waals surface area contributed by atoms with Crippen molar-refractivity contribution in [1.29, 1.82) is 0 Å². The van der Waals surface area contributed by atoms with Crippen LogP contribution in [0.15, 0.2) is 57.3 Å². The van der Waals surface area contributed by atoms with Gasteiger partial charge in [0.2, 0.25) is 5.75 Å². The summed E-state index contributed by atoms with van der Waals surface area (Å²) in [5.41, 5.74) is 1.89. The molecule has 11 nitrogen and oxygen atoms in total. The number of carbonyl (C=O) groups is 2. The number of nitrogens with zero attached hydrogens (tertiary/aromatic N) is 2. The van der Waals surface area contributed by atoms with Gasteiger partial charge in [0, 0.05) is 47.4 Å². The molecule has 42 heavy (non-hydrogen) atoms. The summed E-state index contributed by atoms with van der Waals surface area (Å²) in [5, 5.41) is 26.3. The number of carbonyl (C=O) groups excluding carboxylic acids is 2. The van der Waals surface area contributed by atoms with E-state index >= 15 is 0 Å². The summed E-state index contributed by atoms with van der Waals surface area (Å²) in [4.78, 5) is 48.7. The van der Waals surface area contributed by atoms with Gasteiger partial charge < -0.3 is 14.8 Å². The minimum Gasteiger partial charge on any atom is -0.493 e. The molecular weight excluding hydrogens is 610 g/mol. The summed E-state index contributed by atoms with van der Waals surface area (Å²) in [6, 6.07) is 6.48. The lowest BCUT2D eigenvalue weighted by Gasteiger charge is -2.44. The van der Waals surface area contributed by atoms with Crippen LogP contribution in [0.25, 0.3) is 0 Å². The molecule has 0 unspecified atom stereocenters. The van der Waals surface area contributed by atoms with E-state index in [2.05, 4.69) is 21.2 Å². The number of nitrogens with one attached hydrogen (secondary N) is 1. The van der Waals surface area contributed by atoms with E-state index in [1.54, 1.807) is 12.1 Å². The molecule has 2 aliphatic carbocycles. The van der Waals surface area contributed by atoms with Gasteiger partial charge in [-0.05, 0) is 63.4 Å². The standard InChI is InChI=1S/C30H30BrN3O8/c1-29(2)11-18-26(21(35)13-29)25(27-19(32-18)12-30(3,4)14-22(27)36)15-8-17(31)28(24(9-15)41-5)42-23-7-6-16(33(37)38)10-20(23)34(39)40/h6-10,25,32H,11-14H2,1-5H3. The first-order chi connectivity index (χ1) is 19.6. The quantitative estimate of drug-likeness (QED) is 0.259. The maximum atomic E-state index is 13.6. The van der Waals surface area contributed by atoms with E-state index in [-0.39, 0.29) is 39.6 Å². The number of hydrogen-bond donors (Lipinski definition) is 1. The molecule has 0 saturated carbocycles. The van der Waals surface area contributed by atoms with Gasteiger partial charge >= 0.3 is 5.69 Å². The third kappa shape index (κ3) is 5.31. The molecule has 0 aromatic heterocycles.